The standard InChI is InChI=1S/C15H16BrF2N3/c16-11-8-13(18)14(9-12(11)17)20-15-19-6-7-21(15)10-4-2-1-3-5-10/h6-10H,1-5H2,(H,19,20). The van der Waals surface area contributed by atoms with Gasteiger partial charge in [0.25, 0.3) is 0 Å². The van der Waals surface area contributed by atoms with E-state index in [-0.39, 0.29) is 10.2 Å². The normalized spacial score (nSPS) is 16.1. The van der Waals surface area contributed by atoms with E-state index in [1.807, 2.05) is 10.8 Å². The molecule has 0 amide bonds. The molecule has 0 atom stereocenters. The van der Waals surface area contributed by atoms with E-state index in [0.717, 1.165) is 25.0 Å². The van der Waals surface area contributed by atoms with Gasteiger partial charge in [-0.2, -0.15) is 0 Å². The summed E-state index contributed by atoms with van der Waals surface area (Å²) < 4.78 is 29.6. The summed E-state index contributed by atoms with van der Waals surface area (Å²) in [6.45, 7) is 0. The lowest BCUT2D eigenvalue weighted by Crippen LogP contribution is -2.14. The van der Waals surface area contributed by atoms with Crippen LogP contribution in [0.5, 0.6) is 0 Å². The zero-order chi connectivity index (χ0) is 14.8. The quantitative estimate of drug-likeness (QED) is 0.769. The van der Waals surface area contributed by atoms with Crippen LogP contribution in [0, 0.1) is 11.6 Å². The molecule has 1 aliphatic carbocycles. The van der Waals surface area contributed by atoms with Crippen molar-refractivity contribution >= 4 is 27.6 Å². The fourth-order valence-electron chi connectivity index (χ4n) is 2.80. The highest BCUT2D eigenvalue weighted by molar-refractivity contribution is 9.10. The first-order valence-electron chi connectivity index (χ1n) is 7.09. The Morgan fingerprint density at radius 3 is 2.67 bits per heavy atom. The van der Waals surface area contributed by atoms with Gasteiger partial charge in [0.1, 0.15) is 11.6 Å². The second-order valence-electron chi connectivity index (χ2n) is 5.32. The largest absolute Gasteiger partial charge is 0.323 e. The summed E-state index contributed by atoms with van der Waals surface area (Å²) in [5.41, 5.74) is 0.0963. The van der Waals surface area contributed by atoms with Crippen molar-refractivity contribution in [2.45, 2.75) is 38.1 Å². The number of nitrogens with one attached hydrogen (secondary N) is 1. The van der Waals surface area contributed by atoms with E-state index >= 15 is 0 Å². The monoisotopic (exact) mass is 355 g/mol. The van der Waals surface area contributed by atoms with E-state index in [1.54, 1.807) is 6.20 Å². The Kier molecular flexibility index (Phi) is 4.24. The van der Waals surface area contributed by atoms with E-state index in [4.69, 9.17) is 0 Å². The van der Waals surface area contributed by atoms with Crippen molar-refractivity contribution in [2.24, 2.45) is 0 Å². The van der Waals surface area contributed by atoms with Gasteiger partial charge >= 0.3 is 0 Å². The fourth-order valence-corrected chi connectivity index (χ4v) is 3.12. The van der Waals surface area contributed by atoms with Gasteiger partial charge < -0.3 is 9.88 Å². The second-order valence-corrected chi connectivity index (χ2v) is 6.18. The van der Waals surface area contributed by atoms with Crippen molar-refractivity contribution in [1.29, 1.82) is 0 Å². The Hall–Kier alpha value is -1.43. The molecule has 112 valence electrons. The van der Waals surface area contributed by atoms with Crippen molar-refractivity contribution in [3.05, 3.63) is 40.6 Å². The maximum absolute atomic E-state index is 13.9. The summed E-state index contributed by atoms with van der Waals surface area (Å²) in [6.07, 6.45) is 9.44. The average molecular weight is 356 g/mol. The molecule has 1 saturated carbocycles. The number of aromatic nitrogens is 2. The van der Waals surface area contributed by atoms with Crippen LogP contribution in [-0.2, 0) is 0 Å². The molecule has 1 heterocycles. The van der Waals surface area contributed by atoms with Gasteiger partial charge in [-0.25, -0.2) is 13.8 Å². The number of benzene rings is 1. The average Bonchev–Trinajstić information content (AvgIpc) is 2.94. The molecular formula is C15H16BrF2N3. The minimum Gasteiger partial charge on any atom is -0.323 e. The third-order valence-electron chi connectivity index (χ3n) is 3.89. The Morgan fingerprint density at radius 1 is 1.14 bits per heavy atom. The van der Waals surface area contributed by atoms with Crippen LogP contribution in [0.2, 0.25) is 0 Å². The summed E-state index contributed by atoms with van der Waals surface area (Å²) >= 11 is 2.97. The van der Waals surface area contributed by atoms with Crippen LogP contribution in [0.1, 0.15) is 38.1 Å². The first kappa shape index (κ1) is 14.5. The molecule has 0 unspecified atom stereocenters. The molecule has 3 nitrogen and oxygen atoms in total. The summed E-state index contributed by atoms with van der Waals surface area (Å²) in [6, 6.07) is 2.64. The first-order valence-corrected chi connectivity index (χ1v) is 7.89. The molecule has 0 aliphatic heterocycles. The molecule has 1 aromatic heterocycles. The van der Waals surface area contributed by atoms with Crippen molar-refractivity contribution in [1.82, 2.24) is 9.55 Å². The molecule has 0 saturated heterocycles. The fraction of sp³-hybridized carbons (Fsp3) is 0.400. The van der Waals surface area contributed by atoms with Gasteiger partial charge in [-0.15, -0.1) is 0 Å². The van der Waals surface area contributed by atoms with Gasteiger partial charge in [-0.3, -0.25) is 0 Å². The number of hydrogen-bond acceptors (Lipinski definition) is 2. The number of halogens is 3. The van der Waals surface area contributed by atoms with E-state index in [9.17, 15) is 8.78 Å². The number of rotatable bonds is 3. The minimum atomic E-state index is -0.513. The zero-order valence-electron chi connectivity index (χ0n) is 11.5. The molecule has 21 heavy (non-hydrogen) atoms. The van der Waals surface area contributed by atoms with Gasteiger partial charge in [0.2, 0.25) is 5.95 Å². The van der Waals surface area contributed by atoms with Crippen molar-refractivity contribution < 1.29 is 8.78 Å². The smallest absolute Gasteiger partial charge is 0.207 e. The van der Waals surface area contributed by atoms with E-state index in [2.05, 4.69) is 26.2 Å². The molecule has 1 fully saturated rings. The third kappa shape index (κ3) is 3.10. The van der Waals surface area contributed by atoms with Crippen LogP contribution in [0.15, 0.2) is 29.0 Å². The highest BCUT2D eigenvalue weighted by Gasteiger charge is 2.18. The minimum absolute atomic E-state index is 0.0963. The van der Waals surface area contributed by atoms with Crippen molar-refractivity contribution in [3.8, 4) is 0 Å². The number of anilines is 2. The summed E-state index contributed by atoms with van der Waals surface area (Å²) in [4.78, 5) is 4.23. The van der Waals surface area contributed by atoms with Crippen LogP contribution in [-0.4, -0.2) is 9.55 Å². The second kappa shape index (κ2) is 6.13. The highest BCUT2D eigenvalue weighted by Crippen LogP contribution is 2.32. The Balaban J connectivity index is 1.85. The molecule has 3 rings (SSSR count). The maximum Gasteiger partial charge on any atom is 0.207 e. The van der Waals surface area contributed by atoms with Crippen molar-refractivity contribution in [2.75, 3.05) is 5.32 Å². The van der Waals surface area contributed by atoms with E-state index in [0.29, 0.717) is 12.0 Å². The van der Waals surface area contributed by atoms with Crippen LogP contribution >= 0.6 is 15.9 Å². The molecule has 2 aromatic rings. The van der Waals surface area contributed by atoms with E-state index in [1.165, 1.54) is 19.3 Å². The van der Waals surface area contributed by atoms with Crippen LogP contribution in [0.25, 0.3) is 0 Å². The summed E-state index contributed by atoms with van der Waals surface area (Å²) in [7, 11) is 0. The number of nitrogens with zero attached hydrogens (tertiary/aromatic N) is 2. The molecule has 0 bridgehead atoms. The molecule has 6 heteroatoms. The van der Waals surface area contributed by atoms with Gasteiger partial charge in [-0.1, -0.05) is 19.3 Å². The van der Waals surface area contributed by atoms with Crippen molar-refractivity contribution in [3.63, 3.8) is 0 Å². The van der Waals surface area contributed by atoms with E-state index < -0.39 is 11.6 Å². The Morgan fingerprint density at radius 2 is 1.90 bits per heavy atom. The molecule has 1 aliphatic rings. The SMILES string of the molecule is Fc1cc(Nc2nccn2C2CCCCC2)c(F)cc1Br. The van der Waals surface area contributed by atoms with Crippen LogP contribution in [0.4, 0.5) is 20.4 Å². The first-order chi connectivity index (χ1) is 10.1. The number of imidazole rings is 1. The van der Waals surface area contributed by atoms with Crippen LogP contribution in [0.3, 0.4) is 0 Å². The summed E-state index contributed by atoms with van der Waals surface area (Å²) in [5.74, 6) is -0.460. The predicted octanol–water partition coefficient (Wildman–Crippen LogP) is 5.17. The Labute approximate surface area is 130 Å². The third-order valence-corrected chi connectivity index (χ3v) is 4.50. The number of hydrogen-bond donors (Lipinski definition) is 1. The predicted molar refractivity (Wildman–Crippen MR) is 81.7 cm³/mol. The lowest BCUT2D eigenvalue weighted by molar-refractivity contribution is 0.356. The molecule has 0 radical (unpaired) electrons. The van der Waals surface area contributed by atoms with Gasteiger partial charge in [0.05, 0.1) is 10.2 Å². The van der Waals surface area contributed by atoms with Gasteiger partial charge in [0.15, 0.2) is 0 Å². The lowest BCUT2D eigenvalue weighted by Gasteiger charge is -2.24. The molecular weight excluding hydrogens is 340 g/mol. The van der Waals surface area contributed by atoms with Gasteiger partial charge in [0, 0.05) is 24.5 Å². The molecule has 1 aromatic carbocycles. The van der Waals surface area contributed by atoms with Crippen LogP contribution < -0.4 is 5.32 Å². The topological polar surface area (TPSA) is 29.9 Å². The lowest BCUT2D eigenvalue weighted by atomic mass is 9.95. The highest BCUT2D eigenvalue weighted by atomic mass is 79.9. The Bertz CT molecular complexity index is 636. The molecule has 1 N–H and O–H groups in total. The maximum atomic E-state index is 13.9. The zero-order valence-corrected chi connectivity index (χ0v) is 13.0. The van der Waals surface area contributed by atoms with Gasteiger partial charge in [-0.05, 0) is 34.8 Å². The summed E-state index contributed by atoms with van der Waals surface area (Å²) in [5, 5.41) is 2.90. The molecule has 0 spiro atoms.